The average molecular weight is 260 g/mol. The molecule has 0 atom stereocenters. The van der Waals surface area contributed by atoms with Gasteiger partial charge in [-0.3, -0.25) is 4.79 Å². The summed E-state index contributed by atoms with van der Waals surface area (Å²) < 4.78 is 18.5. The summed E-state index contributed by atoms with van der Waals surface area (Å²) in [5.74, 6) is 0.385. The van der Waals surface area contributed by atoms with Crippen LogP contribution in [0.5, 0.6) is 11.5 Å². The lowest BCUT2D eigenvalue weighted by Gasteiger charge is -2.08. The van der Waals surface area contributed by atoms with E-state index in [9.17, 15) is 9.18 Å². The molecule has 0 heterocycles. The molecule has 0 saturated carbocycles. The predicted octanol–water partition coefficient (Wildman–Crippen LogP) is 2.97. The minimum atomic E-state index is -0.479. The normalized spacial score (nSPS) is 10.2. The van der Waals surface area contributed by atoms with Crippen molar-refractivity contribution in [3.63, 3.8) is 0 Å². The van der Waals surface area contributed by atoms with Crippen molar-refractivity contribution in [2.24, 2.45) is 0 Å². The number of halogens is 1. The third-order valence-electron chi connectivity index (χ3n) is 2.65. The average Bonchev–Trinajstić information content (AvgIpc) is 2.43. The fraction of sp³-hybridized carbons (Fsp3) is 0.133. The van der Waals surface area contributed by atoms with E-state index in [1.807, 2.05) is 12.1 Å². The molecule has 19 heavy (non-hydrogen) atoms. The summed E-state index contributed by atoms with van der Waals surface area (Å²) in [5.41, 5.74) is 1.16. The Labute approximate surface area is 110 Å². The van der Waals surface area contributed by atoms with Crippen LogP contribution >= 0.6 is 0 Å². The summed E-state index contributed by atoms with van der Waals surface area (Å²) in [4.78, 5) is 10.8. The van der Waals surface area contributed by atoms with E-state index in [0.717, 1.165) is 11.6 Å². The number of ether oxygens (including phenoxy) is 1. The van der Waals surface area contributed by atoms with Gasteiger partial charge in [0, 0.05) is 6.61 Å². The first kappa shape index (κ1) is 13.2. The van der Waals surface area contributed by atoms with E-state index < -0.39 is 5.82 Å². The van der Waals surface area contributed by atoms with Gasteiger partial charge in [0.15, 0.2) is 6.29 Å². The maximum atomic E-state index is 13.0. The van der Waals surface area contributed by atoms with Crippen LogP contribution in [0.4, 0.5) is 4.39 Å². The molecule has 0 radical (unpaired) electrons. The van der Waals surface area contributed by atoms with Gasteiger partial charge in [0.05, 0.1) is 5.56 Å². The summed E-state index contributed by atoms with van der Waals surface area (Å²) in [5, 5.41) is 8.81. The summed E-state index contributed by atoms with van der Waals surface area (Å²) >= 11 is 0. The van der Waals surface area contributed by atoms with Crippen LogP contribution in [-0.2, 0) is 6.42 Å². The van der Waals surface area contributed by atoms with Gasteiger partial charge >= 0.3 is 0 Å². The molecule has 2 rings (SSSR count). The molecule has 0 unspecified atom stereocenters. The molecule has 0 aliphatic carbocycles. The molecule has 0 aliphatic heterocycles. The third-order valence-corrected chi connectivity index (χ3v) is 2.65. The topological polar surface area (TPSA) is 46.5 Å². The van der Waals surface area contributed by atoms with Gasteiger partial charge in [-0.2, -0.15) is 0 Å². The molecule has 0 spiro atoms. The van der Waals surface area contributed by atoms with Crippen LogP contribution in [0.3, 0.4) is 0 Å². The molecule has 2 aromatic rings. The van der Waals surface area contributed by atoms with E-state index in [0.29, 0.717) is 24.2 Å². The van der Waals surface area contributed by atoms with E-state index in [1.54, 1.807) is 12.1 Å². The number of aliphatic hydroxyl groups is 1. The molecule has 0 bridgehead atoms. The minimum Gasteiger partial charge on any atom is -0.457 e. The van der Waals surface area contributed by atoms with Gasteiger partial charge in [-0.1, -0.05) is 12.1 Å². The predicted molar refractivity (Wildman–Crippen MR) is 69.1 cm³/mol. The van der Waals surface area contributed by atoms with Crippen molar-refractivity contribution in [1.82, 2.24) is 0 Å². The van der Waals surface area contributed by atoms with Crippen molar-refractivity contribution in [3.05, 3.63) is 59.4 Å². The molecule has 1 N–H and O–H groups in total. The van der Waals surface area contributed by atoms with Gasteiger partial charge in [-0.15, -0.1) is 0 Å². The number of aliphatic hydroxyl groups excluding tert-OH is 1. The first-order valence-corrected chi connectivity index (χ1v) is 5.85. The zero-order valence-corrected chi connectivity index (χ0v) is 10.2. The van der Waals surface area contributed by atoms with Crippen LogP contribution in [0.1, 0.15) is 15.9 Å². The van der Waals surface area contributed by atoms with Crippen molar-refractivity contribution in [1.29, 1.82) is 0 Å². The Morgan fingerprint density at radius 2 is 1.89 bits per heavy atom. The lowest BCUT2D eigenvalue weighted by atomic mass is 10.1. The second kappa shape index (κ2) is 6.11. The highest BCUT2D eigenvalue weighted by Crippen LogP contribution is 2.25. The maximum Gasteiger partial charge on any atom is 0.153 e. The Balaban J connectivity index is 2.18. The Hall–Kier alpha value is -2.20. The number of hydrogen-bond acceptors (Lipinski definition) is 3. The van der Waals surface area contributed by atoms with Crippen molar-refractivity contribution in [3.8, 4) is 11.5 Å². The molecule has 0 saturated heterocycles. The number of aldehydes is 1. The van der Waals surface area contributed by atoms with Crippen LogP contribution in [-0.4, -0.2) is 18.0 Å². The zero-order valence-electron chi connectivity index (χ0n) is 10.2. The van der Waals surface area contributed by atoms with Gasteiger partial charge in [0.25, 0.3) is 0 Å². The Morgan fingerprint density at radius 1 is 1.16 bits per heavy atom. The van der Waals surface area contributed by atoms with Crippen LogP contribution in [0, 0.1) is 5.82 Å². The first-order chi connectivity index (χ1) is 9.22. The van der Waals surface area contributed by atoms with Crippen molar-refractivity contribution >= 4 is 6.29 Å². The molecule has 2 aromatic carbocycles. The van der Waals surface area contributed by atoms with E-state index in [1.165, 1.54) is 12.1 Å². The standard InChI is InChI=1S/C15H13FO3/c16-13-3-6-15(12(9-13)10-18)19-14-4-1-11(2-5-14)7-8-17/h1-6,9-10,17H,7-8H2. The van der Waals surface area contributed by atoms with Gasteiger partial charge in [0.1, 0.15) is 17.3 Å². The minimum absolute atomic E-state index is 0.0907. The van der Waals surface area contributed by atoms with E-state index in [4.69, 9.17) is 9.84 Å². The molecular weight excluding hydrogens is 247 g/mol. The number of benzene rings is 2. The van der Waals surface area contributed by atoms with Gasteiger partial charge in [0.2, 0.25) is 0 Å². The van der Waals surface area contributed by atoms with Crippen LogP contribution in [0.15, 0.2) is 42.5 Å². The van der Waals surface area contributed by atoms with Gasteiger partial charge < -0.3 is 9.84 Å². The Bertz CT molecular complexity index is 564. The zero-order chi connectivity index (χ0) is 13.7. The highest BCUT2D eigenvalue weighted by atomic mass is 19.1. The fourth-order valence-electron chi connectivity index (χ4n) is 1.68. The van der Waals surface area contributed by atoms with Crippen LogP contribution < -0.4 is 4.74 Å². The number of hydrogen-bond donors (Lipinski definition) is 1. The summed E-state index contributed by atoms with van der Waals surface area (Å²) in [6.07, 6.45) is 1.13. The third kappa shape index (κ3) is 3.39. The summed E-state index contributed by atoms with van der Waals surface area (Å²) in [6.45, 7) is 0.0907. The van der Waals surface area contributed by atoms with E-state index in [-0.39, 0.29) is 12.2 Å². The molecule has 3 nitrogen and oxygen atoms in total. The quantitative estimate of drug-likeness (QED) is 0.841. The molecule has 0 aromatic heterocycles. The first-order valence-electron chi connectivity index (χ1n) is 5.85. The van der Waals surface area contributed by atoms with E-state index in [2.05, 4.69) is 0 Å². The van der Waals surface area contributed by atoms with Crippen molar-refractivity contribution < 1.29 is 19.0 Å². The highest BCUT2D eigenvalue weighted by molar-refractivity contribution is 5.79. The lowest BCUT2D eigenvalue weighted by Crippen LogP contribution is -1.93. The SMILES string of the molecule is O=Cc1cc(F)ccc1Oc1ccc(CCO)cc1. The summed E-state index contributed by atoms with van der Waals surface area (Å²) in [7, 11) is 0. The molecule has 98 valence electrons. The van der Waals surface area contributed by atoms with E-state index >= 15 is 0 Å². The Kier molecular flexibility index (Phi) is 4.26. The van der Waals surface area contributed by atoms with Crippen molar-refractivity contribution in [2.75, 3.05) is 6.61 Å². The molecular formula is C15H13FO3. The van der Waals surface area contributed by atoms with Crippen LogP contribution in [0.25, 0.3) is 0 Å². The van der Waals surface area contributed by atoms with Gasteiger partial charge in [-0.25, -0.2) is 4.39 Å². The molecule has 0 fully saturated rings. The highest BCUT2D eigenvalue weighted by Gasteiger charge is 2.06. The van der Waals surface area contributed by atoms with Gasteiger partial charge in [-0.05, 0) is 42.3 Å². The second-order valence-electron chi connectivity index (χ2n) is 4.02. The molecule has 0 amide bonds. The Morgan fingerprint density at radius 3 is 2.53 bits per heavy atom. The second-order valence-corrected chi connectivity index (χ2v) is 4.02. The van der Waals surface area contributed by atoms with Crippen LogP contribution in [0.2, 0.25) is 0 Å². The number of carbonyl (C=O) groups excluding carboxylic acids is 1. The lowest BCUT2D eigenvalue weighted by molar-refractivity contribution is 0.112. The summed E-state index contributed by atoms with van der Waals surface area (Å²) in [6, 6.07) is 10.9. The fourth-order valence-corrected chi connectivity index (χ4v) is 1.68. The monoisotopic (exact) mass is 260 g/mol. The number of carbonyl (C=O) groups is 1. The molecule has 4 heteroatoms. The maximum absolute atomic E-state index is 13.0. The van der Waals surface area contributed by atoms with Crippen molar-refractivity contribution in [2.45, 2.75) is 6.42 Å². The molecule has 0 aliphatic rings. The number of rotatable bonds is 5. The smallest absolute Gasteiger partial charge is 0.153 e. The largest absolute Gasteiger partial charge is 0.457 e.